The number of rotatable bonds is 7. The first-order chi connectivity index (χ1) is 13.8. The van der Waals surface area contributed by atoms with E-state index in [0.717, 1.165) is 17.3 Å². The van der Waals surface area contributed by atoms with E-state index in [0.29, 0.717) is 32.3 Å². The molecule has 0 aliphatic rings. The van der Waals surface area contributed by atoms with Gasteiger partial charge < -0.3 is 14.3 Å². The number of carboxylic acids is 1. The van der Waals surface area contributed by atoms with Crippen molar-refractivity contribution in [2.24, 2.45) is 0 Å². The van der Waals surface area contributed by atoms with E-state index >= 15 is 0 Å². The number of halogens is 3. The molecule has 0 atom stereocenters. The maximum atomic E-state index is 11.7. The Hall–Kier alpha value is -2.19. The topological polar surface area (TPSA) is 85.5 Å². The van der Waals surface area contributed by atoms with Crippen molar-refractivity contribution in [3.63, 3.8) is 0 Å². The largest absolute Gasteiger partial charge is 0.488 e. The van der Waals surface area contributed by atoms with E-state index in [9.17, 15) is 9.90 Å². The van der Waals surface area contributed by atoms with Gasteiger partial charge in [0.2, 0.25) is 5.89 Å². The lowest BCUT2D eigenvalue weighted by Crippen LogP contribution is -2.00. The number of nitrogens with zero attached hydrogens (tertiary/aromatic N) is 2. The summed E-state index contributed by atoms with van der Waals surface area (Å²) in [7, 11) is 0. The van der Waals surface area contributed by atoms with Crippen LogP contribution in [0.1, 0.15) is 17.0 Å². The highest BCUT2D eigenvalue weighted by Gasteiger charge is 2.16. The van der Waals surface area contributed by atoms with E-state index in [1.54, 1.807) is 43.3 Å². The Morgan fingerprint density at radius 2 is 1.90 bits per heavy atom. The minimum absolute atomic E-state index is 0.0368. The van der Waals surface area contributed by atoms with Gasteiger partial charge in [0.15, 0.2) is 0 Å². The highest BCUT2D eigenvalue weighted by molar-refractivity contribution is 8.03. The molecule has 0 fully saturated rings. The summed E-state index contributed by atoms with van der Waals surface area (Å²) in [6.07, 6.45) is 1.43. The van der Waals surface area contributed by atoms with Gasteiger partial charge in [0.05, 0.1) is 0 Å². The zero-order chi connectivity index (χ0) is 21.0. The van der Waals surface area contributed by atoms with Crippen LogP contribution in [0.2, 0.25) is 15.1 Å². The van der Waals surface area contributed by atoms with Gasteiger partial charge in [0, 0.05) is 33.1 Å². The average molecular weight is 472 g/mol. The van der Waals surface area contributed by atoms with Gasteiger partial charge in [0.25, 0.3) is 5.22 Å². The fraction of sp³-hybridized carbons (Fsp3) is 0.105. The molecule has 0 saturated heterocycles. The maximum Gasteiger partial charge on any atom is 0.342 e. The van der Waals surface area contributed by atoms with Crippen molar-refractivity contribution in [2.45, 2.75) is 18.8 Å². The van der Waals surface area contributed by atoms with Crippen LogP contribution in [0.5, 0.6) is 5.75 Å². The van der Waals surface area contributed by atoms with Crippen LogP contribution in [0.25, 0.3) is 6.08 Å². The Balaban J connectivity index is 1.88. The molecule has 6 nitrogen and oxygen atoms in total. The second-order valence-corrected chi connectivity index (χ2v) is 7.98. The molecule has 0 unspecified atom stereocenters. The van der Waals surface area contributed by atoms with Crippen LogP contribution in [-0.4, -0.2) is 21.3 Å². The summed E-state index contributed by atoms with van der Waals surface area (Å²) in [5, 5.41) is 18.6. The number of ether oxygens (including phenoxy) is 1. The Morgan fingerprint density at radius 1 is 1.17 bits per heavy atom. The van der Waals surface area contributed by atoms with Gasteiger partial charge in [-0.3, -0.25) is 0 Å². The number of aryl methyl sites for hydroxylation is 1. The molecule has 0 saturated carbocycles. The highest BCUT2D eigenvalue weighted by Crippen LogP contribution is 2.32. The summed E-state index contributed by atoms with van der Waals surface area (Å²) in [4.78, 5) is 11.6. The quantitative estimate of drug-likeness (QED) is 0.327. The zero-order valence-corrected chi connectivity index (χ0v) is 17.9. The normalized spacial score (nSPS) is 11.5. The molecule has 1 heterocycles. The molecule has 3 aromatic rings. The Bertz CT molecular complexity index is 1090. The standard InChI is InChI=1S/C19H13Cl3N2O4S/c1-10-23-24-19(28-10)29-17(18(25)26)7-12-6-13(20)4-5-16(12)27-9-11-2-3-14(21)8-15(11)22/h2-8H,9H2,1H3,(H,25,26)/b17-7-. The van der Waals surface area contributed by atoms with Crippen LogP contribution >= 0.6 is 46.6 Å². The summed E-state index contributed by atoms with van der Waals surface area (Å²) in [5.41, 5.74) is 1.21. The summed E-state index contributed by atoms with van der Waals surface area (Å²) in [5.74, 6) is -0.386. The van der Waals surface area contributed by atoms with Crippen LogP contribution in [0.4, 0.5) is 0 Å². The lowest BCUT2D eigenvalue weighted by Gasteiger charge is -2.12. The van der Waals surface area contributed by atoms with E-state index in [2.05, 4.69) is 10.2 Å². The number of carbonyl (C=O) groups is 1. The van der Waals surface area contributed by atoms with Crippen molar-refractivity contribution in [3.05, 3.63) is 73.4 Å². The fourth-order valence-electron chi connectivity index (χ4n) is 2.25. The van der Waals surface area contributed by atoms with Crippen LogP contribution in [0.15, 0.2) is 50.9 Å². The second kappa shape index (κ2) is 9.54. The van der Waals surface area contributed by atoms with Crippen molar-refractivity contribution in [1.29, 1.82) is 0 Å². The van der Waals surface area contributed by atoms with Crippen molar-refractivity contribution in [3.8, 4) is 5.75 Å². The van der Waals surface area contributed by atoms with Crippen LogP contribution < -0.4 is 4.74 Å². The van der Waals surface area contributed by atoms with E-state index in [4.69, 9.17) is 44.0 Å². The Kier molecular flexibility index (Phi) is 7.08. The Labute approximate surface area is 185 Å². The number of benzene rings is 2. The zero-order valence-electron chi connectivity index (χ0n) is 14.9. The molecule has 0 spiro atoms. The molecule has 1 aromatic heterocycles. The fourth-order valence-corrected chi connectivity index (χ4v) is 3.60. The van der Waals surface area contributed by atoms with E-state index in [1.807, 2.05) is 0 Å². The molecule has 29 heavy (non-hydrogen) atoms. The molecule has 2 aromatic carbocycles. The third-order valence-electron chi connectivity index (χ3n) is 3.57. The number of hydrogen-bond acceptors (Lipinski definition) is 6. The Morgan fingerprint density at radius 3 is 2.55 bits per heavy atom. The molecule has 10 heteroatoms. The second-order valence-electron chi connectivity index (χ2n) is 5.71. The van der Waals surface area contributed by atoms with Crippen molar-refractivity contribution < 1.29 is 19.1 Å². The maximum absolute atomic E-state index is 11.7. The van der Waals surface area contributed by atoms with Gasteiger partial charge in [-0.05, 0) is 48.2 Å². The lowest BCUT2D eigenvalue weighted by molar-refractivity contribution is -0.131. The molecule has 0 radical (unpaired) electrons. The number of aliphatic carboxylic acids is 1. The number of hydrogen-bond donors (Lipinski definition) is 1. The van der Waals surface area contributed by atoms with Gasteiger partial charge in [-0.25, -0.2) is 4.79 Å². The lowest BCUT2D eigenvalue weighted by atomic mass is 10.2. The first-order valence-corrected chi connectivity index (χ1v) is 10.1. The van der Waals surface area contributed by atoms with Gasteiger partial charge >= 0.3 is 5.97 Å². The number of thioether (sulfide) groups is 1. The molecule has 1 N–H and O–H groups in total. The smallest absolute Gasteiger partial charge is 0.342 e. The molecule has 0 aliphatic heterocycles. The van der Waals surface area contributed by atoms with Gasteiger partial charge in [-0.15, -0.1) is 10.2 Å². The molecule has 0 amide bonds. The first-order valence-electron chi connectivity index (χ1n) is 8.11. The average Bonchev–Trinajstić information content (AvgIpc) is 3.06. The molecule has 3 rings (SSSR count). The third kappa shape index (κ3) is 5.90. The van der Waals surface area contributed by atoms with E-state index < -0.39 is 5.97 Å². The van der Waals surface area contributed by atoms with Crippen molar-refractivity contribution >= 4 is 58.6 Å². The van der Waals surface area contributed by atoms with E-state index in [-0.39, 0.29) is 16.7 Å². The number of carboxylic acid groups (broad SMARTS) is 1. The first kappa shape index (κ1) is 21.5. The molecule has 150 valence electrons. The predicted molar refractivity (Wildman–Crippen MR) is 113 cm³/mol. The van der Waals surface area contributed by atoms with Gasteiger partial charge in [0.1, 0.15) is 17.3 Å². The summed E-state index contributed by atoms with van der Waals surface area (Å²) in [6.45, 7) is 1.78. The highest BCUT2D eigenvalue weighted by atomic mass is 35.5. The van der Waals surface area contributed by atoms with Crippen LogP contribution in [0.3, 0.4) is 0 Å². The third-order valence-corrected chi connectivity index (χ3v) is 5.25. The SMILES string of the molecule is Cc1nnc(S/C(=C\c2cc(Cl)ccc2OCc2ccc(Cl)cc2Cl)C(=O)O)o1. The minimum atomic E-state index is -1.16. The monoisotopic (exact) mass is 470 g/mol. The molecule has 0 aliphatic carbocycles. The molecular weight excluding hydrogens is 459 g/mol. The predicted octanol–water partition coefficient (Wildman–Crippen LogP) is 6.14. The summed E-state index contributed by atoms with van der Waals surface area (Å²) >= 11 is 19.0. The van der Waals surface area contributed by atoms with Crippen molar-refractivity contribution in [2.75, 3.05) is 0 Å². The molecular formula is C19H13Cl3N2O4S. The summed E-state index contributed by atoms with van der Waals surface area (Å²) in [6, 6.07) is 9.98. The van der Waals surface area contributed by atoms with Crippen molar-refractivity contribution in [1.82, 2.24) is 10.2 Å². The number of aromatic nitrogens is 2. The van der Waals surface area contributed by atoms with Gasteiger partial charge in [-0.2, -0.15) is 0 Å². The van der Waals surface area contributed by atoms with Gasteiger partial charge in [-0.1, -0.05) is 40.9 Å². The van der Waals surface area contributed by atoms with Crippen LogP contribution in [-0.2, 0) is 11.4 Å². The summed E-state index contributed by atoms with van der Waals surface area (Å²) < 4.78 is 11.1. The molecule has 0 bridgehead atoms. The minimum Gasteiger partial charge on any atom is -0.488 e. The van der Waals surface area contributed by atoms with Crippen LogP contribution in [0, 0.1) is 6.92 Å². The van der Waals surface area contributed by atoms with E-state index in [1.165, 1.54) is 6.08 Å².